The zero-order valence-electron chi connectivity index (χ0n) is 16.6. The second kappa shape index (κ2) is 10.3. The van der Waals surface area contributed by atoms with Crippen molar-refractivity contribution in [1.82, 2.24) is 10.9 Å². The maximum atomic E-state index is 12.3. The van der Waals surface area contributed by atoms with Gasteiger partial charge in [0.2, 0.25) is 0 Å². The Morgan fingerprint density at radius 2 is 1.16 bits per heavy atom. The van der Waals surface area contributed by atoms with Gasteiger partial charge in [-0.1, -0.05) is 56.1 Å². The van der Waals surface area contributed by atoms with Crippen LogP contribution in [0.3, 0.4) is 0 Å². The van der Waals surface area contributed by atoms with Gasteiger partial charge in [0.25, 0.3) is 0 Å². The van der Waals surface area contributed by atoms with Crippen LogP contribution in [0.25, 0.3) is 0 Å². The number of nitrogens with zero attached hydrogens (tertiary/aromatic N) is 2. The Labute approximate surface area is 195 Å². The fourth-order valence-electron chi connectivity index (χ4n) is 2.52. The highest BCUT2D eigenvalue weighted by atomic mass is 79.9. The van der Waals surface area contributed by atoms with Gasteiger partial charge in [-0.2, -0.15) is 10.2 Å². The van der Waals surface area contributed by atoms with E-state index in [1.807, 2.05) is 48.5 Å². The quantitative estimate of drug-likeness (QED) is 0.332. The molecule has 7 nitrogen and oxygen atoms in total. The molecule has 2 amide bonds. The second-order valence-corrected chi connectivity index (χ2v) is 8.29. The van der Waals surface area contributed by atoms with Crippen molar-refractivity contribution >= 4 is 55.1 Å². The standard InChI is InChI=1S/C22H18Br2N4O3/c1-13(15-5-3-7-17(23)11-15)25-27-21(29)19-9-10-20(31-19)22(30)28-26-14(2)16-6-4-8-18(24)12-16/h3-12H,1-2H3,(H,27,29)(H,28,30). The lowest BCUT2D eigenvalue weighted by Gasteiger charge is -2.03. The van der Waals surface area contributed by atoms with Crippen molar-refractivity contribution in [2.45, 2.75) is 13.8 Å². The first-order valence-electron chi connectivity index (χ1n) is 9.14. The van der Waals surface area contributed by atoms with Crippen molar-refractivity contribution in [3.63, 3.8) is 0 Å². The second-order valence-electron chi connectivity index (χ2n) is 6.46. The third-order valence-corrected chi connectivity index (χ3v) is 5.18. The van der Waals surface area contributed by atoms with Gasteiger partial charge in [0.1, 0.15) is 0 Å². The molecule has 0 bridgehead atoms. The third kappa shape index (κ3) is 6.22. The minimum atomic E-state index is -0.567. The molecule has 0 radical (unpaired) electrons. The number of furan rings is 1. The zero-order valence-corrected chi connectivity index (χ0v) is 19.8. The Kier molecular flexibility index (Phi) is 7.54. The predicted molar refractivity (Wildman–Crippen MR) is 126 cm³/mol. The summed E-state index contributed by atoms with van der Waals surface area (Å²) in [5, 5.41) is 8.15. The summed E-state index contributed by atoms with van der Waals surface area (Å²) in [6.07, 6.45) is 0. The third-order valence-electron chi connectivity index (χ3n) is 4.19. The van der Waals surface area contributed by atoms with Crippen molar-refractivity contribution in [2.75, 3.05) is 0 Å². The van der Waals surface area contributed by atoms with Crippen LogP contribution in [0.15, 0.2) is 84.2 Å². The van der Waals surface area contributed by atoms with Crippen molar-refractivity contribution < 1.29 is 14.0 Å². The van der Waals surface area contributed by atoms with E-state index >= 15 is 0 Å². The van der Waals surface area contributed by atoms with Gasteiger partial charge in [0, 0.05) is 8.95 Å². The van der Waals surface area contributed by atoms with E-state index in [4.69, 9.17) is 4.42 Å². The number of rotatable bonds is 6. The molecule has 1 heterocycles. The number of carbonyl (C=O) groups is 2. The molecule has 0 saturated carbocycles. The Hall–Kier alpha value is -3.04. The van der Waals surface area contributed by atoms with E-state index in [1.54, 1.807) is 13.8 Å². The number of nitrogens with one attached hydrogen (secondary N) is 2. The first kappa shape index (κ1) is 22.6. The number of amides is 2. The predicted octanol–water partition coefficient (Wildman–Crippen LogP) is 5.11. The molecular formula is C22H18Br2N4O3. The summed E-state index contributed by atoms with van der Waals surface area (Å²) in [5.74, 6) is -1.21. The lowest BCUT2D eigenvalue weighted by molar-refractivity contribution is 0.0902. The molecule has 0 saturated heterocycles. The molecular weight excluding hydrogens is 528 g/mol. The molecule has 158 valence electrons. The molecule has 3 aromatic rings. The molecule has 0 atom stereocenters. The lowest BCUT2D eigenvalue weighted by Crippen LogP contribution is -2.20. The van der Waals surface area contributed by atoms with Crippen LogP contribution in [-0.4, -0.2) is 23.2 Å². The maximum absolute atomic E-state index is 12.3. The molecule has 2 aromatic carbocycles. The zero-order chi connectivity index (χ0) is 22.4. The van der Waals surface area contributed by atoms with Gasteiger partial charge < -0.3 is 4.42 Å². The number of hydrazone groups is 2. The summed E-state index contributed by atoms with van der Waals surface area (Å²) >= 11 is 6.79. The summed E-state index contributed by atoms with van der Waals surface area (Å²) in [4.78, 5) is 24.6. The lowest BCUT2D eigenvalue weighted by atomic mass is 10.1. The van der Waals surface area contributed by atoms with Gasteiger partial charge in [-0.25, -0.2) is 10.9 Å². The van der Waals surface area contributed by atoms with Crippen LogP contribution in [0, 0.1) is 0 Å². The van der Waals surface area contributed by atoms with E-state index in [2.05, 4.69) is 52.9 Å². The fourth-order valence-corrected chi connectivity index (χ4v) is 3.32. The average molecular weight is 546 g/mol. The molecule has 1 aromatic heterocycles. The van der Waals surface area contributed by atoms with Crippen LogP contribution < -0.4 is 10.9 Å². The molecule has 0 aliphatic carbocycles. The molecule has 0 spiro atoms. The fraction of sp³-hybridized carbons (Fsp3) is 0.0909. The molecule has 0 aliphatic heterocycles. The van der Waals surface area contributed by atoms with E-state index in [0.29, 0.717) is 11.4 Å². The normalized spacial score (nSPS) is 11.9. The summed E-state index contributed by atoms with van der Waals surface area (Å²) in [5.41, 5.74) is 7.80. The molecule has 3 rings (SSSR count). The summed E-state index contributed by atoms with van der Waals surface area (Å²) in [6.45, 7) is 3.54. The van der Waals surface area contributed by atoms with E-state index in [0.717, 1.165) is 20.1 Å². The molecule has 9 heteroatoms. The molecule has 2 N–H and O–H groups in total. The van der Waals surface area contributed by atoms with Gasteiger partial charge in [0.05, 0.1) is 11.4 Å². The first-order valence-corrected chi connectivity index (χ1v) is 10.7. The van der Waals surface area contributed by atoms with Crippen LogP contribution in [-0.2, 0) is 0 Å². The van der Waals surface area contributed by atoms with Crippen molar-refractivity contribution in [1.29, 1.82) is 0 Å². The maximum Gasteiger partial charge on any atom is 0.307 e. The minimum absolute atomic E-state index is 0.0383. The number of benzene rings is 2. The van der Waals surface area contributed by atoms with E-state index in [9.17, 15) is 9.59 Å². The van der Waals surface area contributed by atoms with Crippen molar-refractivity contribution in [3.05, 3.63) is 92.3 Å². The van der Waals surface area contributed by atoms with E-state index in [-0.39, 0.29) is 11.5 Å². The van der Waals surface area contributed by atoms with E-state index in [1.165, 1.54) is 12.1 Å². The average Bonchev–Trinajstić information content (AvgIpc) is 3.26. The van der Waals surface area contributed by atoms with Crippen molar-refractivity contribution in [3.8, 4) is 0 Å². The Bertz CT molecular complexity index is 1090. The van der Waals surface area contributed by atoms with Gasteiger partial charge in [-0.15, -0.1) is 0 Å². The Morgan fingerprint density at radius 1 is 0.742 bits per heavy atom. The Morgan fingerprint density at radius 3 is 1.55 bits per heavy atom. The number of carbonyl (C=O) groups excluding carboxylic acids is 2. The Balaban J connectivity index is 1.62. The van der Waals surface area contributed by atoms with Crippen molar-refractivity contribution in [2.24, 2.45) is 10.2 Å². The molecule has 0 aliphatic rings. The summed E-state index contributed by atoms with van der Waals surface area (Å²) < 4.78 is 7.16. The summed E-state index contributed by atoms with van der Waals surface area (Å²) in [6, 6.07) is 17.9. The highest BCUT2D eigenvalue weighted by Crippen LogP contribution is 2.14. The van der Waals surface area contributed by atoms with Gasteiger partial charge in [-0.05, 0) is 61.4 Å². The van der Waals surface area contributed by atoms with Crippen LogP contribution >= 0.6 is 31.9 Å². The van der Waals surface area contributed by atoms with Gasteiger partial charge >= 0.3 is 11.8 Å². The first-order chi connectivity index (χ1) is 14.8. The van der Waals surface area contributed by atoms with Gasteiger partial charge in [0.15, 0.2) is 11.5 Å². The number of hydrogen-bond acceptors (Lipinski definition) is 5. The monoisotopic (exact) mass is 544 g/mol. The highest BCUT2D eigenvalue weighted by Gasteiger charge is 2.15. The van der Waals surface area contributed by atoms with Gasteiger partial charge in [-0.3, -0.25) is 9.59 Å². The smallest absolute Gasteiger partial charge is 0.307 e. The SMILES string of the molecule is CC(=NNC(=O)c1ccc(C(=O)NN=C(C)c2cccc(Br)c2)o1)c1cccc(Br)c1. The molecule has 31 heavy (non-hydrogen) atoms. The molecule has 0 unspecified atom stereocenters. The van der Waals surface area contributed by atoms with Crippen LogP contribution in [0.5, 0.6) is 0 Å². The minimum Gasteiger partial charge on any atom is -0.446 e. The topological polar surface area (TPSA) is 96.1 Å². The number of halogens is 2. The summed E-state index contributed by atoms with van der Waals surface area (Å²) in [7, 11) is 0. The number of hydrogen-bond donors (Lipinski definition) is 2. The molecule has 0 fully saturated rings. The van der Waals surface area contributed by atoms with Crippen LogP contribution in [0.1, 0.15) is 46.1 Å². The van der Waals surface area contributed by atoms with Crippen LogP contribution in [0.4, 0.5) is 0 Å². The van der Waals surface area contributed by atoms with E-state index < -0.39 is 11.8 Å². The van der Waals surface area contributed by atoms with Crippen LogP contribution in [0.2, 0.25) is 0 Å². The highest BCUT2D eigenvalue weighted by molar-refractivity contribution is 9.10. The largest absolute Gasteiger partial charge is 0.446 e.